The van der Waals surface area contributed by atoms with E-state index in [1.165, 1.54) is 51.0 Å². The normalized spacial score (nSPS) is 22.5. The molecule has 32 heavy (non-hydrogen) atoms. The smallest absolute Gasteiger partial charge is 0.303 e. The zero-order chi connectivity index (χ0) is 23.3. The average molecular weight is 464 g/mol. The standard InChI is InChI=1S/C21H21FN2O7S/c1-11(25)28-17-10-32-21(20(30-13(3)27)19(17)29-12(2)26)31-16-6-15(7-23-9-16)14-4-5-18(22)24-8-14/h4-9,17,19-21H,10H2,1-3H3/t17-,19+,20-,21+/m1/s1. The van der Waals surface area contributed by atoms with Crippen LogP contribution in [0, 0.1) is 5.95 Å². The Bertz CT molecular complexity index is 988. The molecule has 3 rings (SSSR count). The second-order valence-corrected chi connectivity index (χ2v) is 8.03. The van der Waals surface area contributed by atoms with Gasteiger partial charge < -0.3 is 18.9 Å². The van der Waals surface area contributed by atoms with Gasteiger partial charge in [-0.1, -0.05) is 0 Å². The molecular formula is C21H21FN2O7S. The average Bonchev–Trinajstić information content (AvgIpc) is 2.72. The number of hydrogen-bond acceptors (Lipinski definition) is 10. The molecule has 9 nitrogen and oxygen atoms in total. The molecule has 0 bridgehead atoms. The molecule has 1 saturated heterocycles. The fourth-order valence-electron chi connectivity index (χ4n) is 3.13. The topological polar surface area (TPSA) is 114 Å². The summed E-state index contributed by atoms with van der Waals surface area (Å²) in [7, 11) is 0. The maximum atomic E-state index is 13.1. The zero-order valence-corrected chi connectivity index (χ0v) is 18.3. The van der Waals surface area contributed by atoms with Crippen LogP contribution in [0.3, 0.4) is 0 Å². The Morgan fingerprint density at radius 3 is 2.25 bits per heavy atom. The van der Waals surface area contributed by atoms with E-state index < -0.39 is 47.6 Å². The monoisotopic (exact) mass is 464 g/mol. The van der Waals surface area contributed by atoms with Gasteiger partial charge in [-0.2, -0.15) is 4.39 Å². The molecule has 1 aliphatic heterocycles. The van der Waals surface area contributed by atoms with E-state index in [0.29, 0.717) is 16.9 Å². The second-order valence-electron chi connectivity index (χ2n) is 6.89. The third-order valence-corrected chi connectivity index (χ3v) is 5.54. The molecule has 3 heterocycles. The van der Waals surface area contributed by atoms with Crippen molar-refractivity contribution >= 4 is 29.7 Å². The second kappa shape index (κ2) is 10.4. The van der Waals surface area contributed by atoms with Crippen molar-refractivity contribution in [2.75, 3.05) is 5.75 Å². The first-order valence-electron chi connectivity index (χ1n) is 9.60. The van der Waals surface area contributed by atoms with Gasteiger partial charge in [-0.05, 0) is 18.2 Å². The van der Waals surface area contributed by atoms with Crippen LogP contribution in [0.25, 0.3) is 11.1 Å². The maximum Gasteiger partial charge on any atom is 0.303 e. The Morgan fingerprint density at radius 1 is 0.938 bits per heavy atom. The first-order chi connectivity index (χ1) is 15.2. The number of nitrogens with zero attached hydrogens (tertiary/aromatic N) is 2. The van der Waals surface area contributed by atoms with Gasteiger partial charge in [0.1, 0.15) is 5.75 Å². The summed E-state index contributed by atoms with van der Waals surface area (Å²) >= 11 is 1.24. The van der Waals surface area contributed by atoms with Crippen LogP contribution in [0.4, 0.5) is 4.39 Å². The summed E-state index contributed by atoms with van der Waals surface area (Å²) in [6, 6.07) is 4.46. The van der Waals surface area contributed by atoms with Crippen LogP contribution in [0.15, 0.2) is 36.8 Å². The van der Waals surface area contributed by atoms with Crippen LogP contribution >= 0.6 is 11.8 Å². The molecule has 4 atom stereocenters. The summed E-state index contributed by atoms with van der Waals surface area (Å²) in [4.78, 5) is 42.7. The van der Waals surface area contributed by atoms with E-state index in [-0.39, 0.29) is 5.75 Å². The highest BCUT2D eigenvalue weighted by molar-refractivity contribution is 7.99. The summed E-state index contributed by atoms with van der Waals surface area (Å²) in [6.45, 7) is 3.66. The molecule has 170 valence electrons. The number of carbonyl (C=O) groups is 3. The maximum absolute atomic E-state index is 13.1. The largest absolute Gasteiger partial charge is 0.474 e. The minimum absolute atomic E-state index is 0.245. The molecule has 2 aromatic rings. The first kappa shape index (κ1) is 23.5. The third kappa shape index (κ3) is 6.16. The molecule has 0 spiro atoms. The minimum Gasteiger partial charge on any atom is -0.474 e. The van der Waals surface area contributed by atoms with Gasteiger partial charge in [0.2, 0.25) is 5.95 Å². The van der Waals surface area contributed by atoms with Crippen LogP contribution in [0.1, 0.15) is 20.8 Å². The van der Waals surface area contributed by atoms with Gasteiger partial charge in [-0.25, -0.2) is 4.98 Å². The number of aromatic nitrogens is 2. The molecule has 0 N–H and O–H groups in total. The molecule has 0 aromatic carbocycles. The Kier molecular flexibility index (Phi) is 7.62. The summed E-state index contributed by atoms with van der Waals surface area (Å²) < 4.78 is 35.1. The minimum atomic E-state index is -1.05. The number of esters is 3. The number of rotatable bonds is 6. The molecule has 2 aromatic heterocycles. The fraction of sp³-hybridized carbons (Fsp3) is 0.381. The Hall–Kier alpha value is -3.21. The number of ether oxygens (including phenoxy) is 4. The number of carbonyl (C=O) groups excluding carboxylic acids is 3. The van der Waals surface area contributed by atoms with Gasteiger partial charge in [0.05, 0.1) is 6.20 Å². The lowest BCUT2D eigenvalue weighted by molar-refractivity contribution is -0.186. The van der Waals surface area contributed by atoms with Crippen LogP contribution in [-0.2, 0) is 28.6 Å². The van der Waals surface area contributed by atoms with E-state index in [9.17, 15) is 18.8 Å². The van der Waals surface area contributed by atoms with Crippen molar-refractivity contribution in [3.05, 3.63) is 42.7 Å². The molecule has 11 heteroatoms. The fourth-order valence-corrected chi connectivity index (χ4v) is 4.35. The lowest BCUT2D eigenvalue weighted by atomic mass is 10.1. The Labute approximate surface area is 187 Å². The van der Waals surface area contributed by atoms with Crippen LogP contribution in [0.5, 0.6) is 5.75 Å². The Morgan fingerprint density at radius 2 is 1.62 bits per heavy atom. The molecule has 1 fully saturated rings. The van der Waals surface area contributed by atoms with Crippen molar-refractivity contribution in [2.45, 2.75) is 44.5 Å². The highest BCUT2D eigenvalue weighted by Gasteiger charge is 2.47. The number of thioether (sulfide) groups is 1. The summed E-state index contributed by atoms with van der Waals surface area (Å²) in [6.07, 6.45) is 1.48. The Balaban J connectivity index is 1.86. The molecule has 0 unspecified atom stereocenters. The van der Waals surface area contributed by atoms with E-state index in [1.54, 1.807) is 18.3 Å². The third-order valence-electron chi connectivity index (χ3n) is 4.33. The van der Waals surface area contributed by atoms with Crippen LogP contribution in [0.2, 0.25) is 0 Å². The summed E-state index contributed by atoms with van der Waals surface area (Å²) in [5, 5.41) is 0. The molecule has 0 saturated carbocycles. The summed E-state index contributed by atoms with van der Waals surface area (Å²) in [5.74, 6) is -1.81. The molecule has 0 aliphatic carbocycles. The van der Waals surface area contributed by atoms with Crippen molar-refractivity contribution in [1.29, 1.82) is 0 Å². The first-order valence-corrected chi connectivity index (χ1v) is 10.6. The SMILES string of the molecule is CC(=O)O[C@@H]1[C@@H](OC(C)=O)[C@@H](Oc2cncc(-c3ccc(F)nc3)c2)SC[C@H]1OC(C)=O. The molecule has 0 radical (unpaired) electrons. The molecule has 1 aliphatic rings. The summed E-state index contributed by atoms with van der Waals surface area (Å²) in [5.41, 5.74) is 0.484. The van der Waals surface area contributed by atoms with E-state index >= 15 is 0 Å². The van der Waals surface area contributed by atoms with E-state index in [0.717, 1.165) is 0 Å². The van der Waals surface area contributed by atoms with Gasteiger partial charge in [0.15, 0.2) is 23.7 Å². The molecule has 0 amide bonds. The lowest BCUT2D eigenvalue weighted by Crippen LogP contribution is -2.55. The van der Waals surface area contributed by atoms with Gasteiger partial charge in [-0.15, -0.1) is 11.8 Å². The van der Waals surface area contributed by atoms with Crippen LogP contribution in [-0.4, -0.2) is 57.4 Å². The van der Waals surface area contributed by atoms with Gasteiger partial charge in [-0.3, -0.25) is 19.4 Å². The number of pyridine rings is 2. The van der Waals surface area contributed by atoms with E-state index in [2.05, 4.69) is 9.97 Å². The van der Waals surface area contributed by atoms with Crippen LogP contribution < -0.4 is 4.74 Å². The highest BCUT2D eigenvalue weighted by Crippen LogP contribution is 2.35. The van der Waals surface area contributed by atoms with Crippen molar-refractivity contribution in [2.24, 2.45) is 0 Å². The van der Waals surface area contributed by atoms with Crippen molar-refractivity contribution in [1.82, 2.24) is 9.97 Å². The zero-order valence-electron chi connectivity index (χ0n) is 17.5. The van der Waals surface area contributed by atoms with Crippen molar-refractivity contribution in [3.8, 4) is 16.9 Å². The van der Waals surface area contributed by atoms with E-state index in [4.69, 9.17) is 18.9 Å². The van der Waals surface area contributed by atoms with E-state index in [1.807, 2.05) is 0 Å². The lowest BCUT2D eigenvalue weighted by Gasteiger charge is -2.39. The van der Waals surface area contributed by atoms with Crippen molar-refractivity contribution < 1.29 is 37.7 Å². The predicted octanol–water partition coefficient (Wildman–Crippen LogP) is 2.53. The van der Waals surface area contributed by atoms with Gasteiger partial charge in [0.25, 0.3) is 0 Å². The number of hydrogen-bond donors (Lipinski definition) is 0. The van der Waals surface area contributed by atoms with Gasteiger partial charge in [0, 0.05) is 50.0 Å². The highest BCUT2D eigenvalue weighted by atomic mass is 32.2. The quantitative estimate of drug-likeness (QED) is 0.359. The van der Waals surface area contributed by atoms with Gasteiger partial charge >= 0.3 is 17.9 Å². The molecular weight excluding hydrogens is 443 g/mol. The van der Waals surface area contributed by atoms with Crippen molar-refractivity contribution in [3.63, 3.8) is 0 Å². The predicted molar refractivity (Wildman–Crippen MR) is 111 cm³/mol. The number of halogens is 1.